The van der Waals surface area contributed by atoms with Crippen LogP contribution in [0.25, 0.3) is 0 Å². The number of halogens is 1. The molecule has 43 heavy (non-hydrogen) atoms. The van der Waals surface area contributed by atoms with Gasteiger partial charge in [0.15, 0.2) is 7.85 Å². The minimum atomic E-state index is -1.35. The highest BCUT2D eigenvalue weighted by Crippen LogP contribution is 2.38. The lowest BCUT2D eigenvalue weighted by Crippen LogP contribution is -2.61. The number of aryl methyl sites for hydroxylation is 1. The van der Waals surface area contributed by atoms with Crippen molar-refractivity contribution in [2.75, 3.05) is 18.4 Å². The van der Waals surface area contributed by atoms with Crippen molar-refractivity contribution in [1.82, 2.24) is 9.80 Å². The Morgan fingerprint density at radius 2 is 1.70 bits per heavy atom. The molecule has 0 aliphatic carbocycles. The second-order valence-corrected chi connectivity index (χ2v) is 13.3. The van der Waals surface area contributed by atoms with Gasteiger partial charge in [-0.05, 0) is 67.6 Å². The molecule has 15 heteroatoms. The van der Waals surface area contributed by atoms with Crippen LogP contribution in [0.15, 0.2) is 36.4 Å². The zero-order valence-corrected chi connectivity index (χ0v) is 27.0. The van der Waals surface area contributed by atoms with Gasteiger partial charge < -0.3 is 29.6 Å². The maximum atomic E-state index is 15.6. The summed E-state index contributed by atoms with van der Waals surface area (Å²) in [6, 6.07) is 10.4. The van der Waals surface area contributed by atoms with Gasteiger partial charge in [-0.1, -0.05) is 18.2 Å². The zero-order chi connectivity index (χ0) is 32.4. The Hall–Kier alpha value is -2.75. The number of nitrogens with zero attached hydrogens (tertiary/aromatic N) is 2. The van der Waals surface area contributed by atoms with Crippen LogP contribution in [0.3, 0.4) is 0 Å². The summed E-state index contributed by atoms with van der Waals surface area (Å²) >= 11 is 0. The summed E-state index contributed by atoms with van der Waals surface area (Å²) in [6.45, 7) is 6.92. The molecule has 3 rings (SSSR count). The summed E-state index contributed by atoms with van der Waals surface area (Å²) in [5.74, 6) is -0.425. The molecule has 2 N–H and O–H groups in total. The molecule has 224 valence electrons. The summed E-state index contributed by atoms with van der Waals surface area (Å²) in [4.78, 5) is 39.4. The Bertz CT molecular complexity index is 1340. The summed E-state index contributed by atoms with van der Waals surface area (Å²) in [5.41, 5.74) is 0.643. The molecule has 1 aliphatic rings. The van der Waals surface area contributed by atoms with Crippen LogP contribution in [0, 0.1) is 12.7 Å². The molecule has 2 aromatic rings. The third-order valence-electron chi connectivity index (χ3n) is 8.83. The number of rotatable bonds is 13. The molecule has 0 bridgehead atoms. The smallest absolute Gasteiger partial charge is 0.209 e. The predicted octanol–water partition coefficient (Wildman–Crippen LogP) is -3.19. The second-order valence-electron chi connectivity index (χ2n) is 13.3. The lowest BCUT2D eigenvalue weighted by atomic mass is 9.52. The van der Waals surface area contributed by atoms with E-state index < -0.39 is 27.6 Å². The number of hydrogen-bond donors (Lipinski definition) is 2. The Balaban J connectivity index is 2.06. The van der Waals surface area contributed by atoms with E-state index in [4.69, 9.17) is 4.74 Å². The van der Waals surface area contributed by atoms with Gasteiger partial charge in [-0.2, -0.15) is 0 Å². The molecule has 1 saturated heterocycles. The van der Waals surface area contributed by atoms with E-state index in [1.54, 1.807) is 27.8 Å². The van der Waals surface area contributed by atoms with Gasteiger partial charge in [-0.25, -0.2) is 4.39 Å². The van der Waals surface area contributed by atoms with Crippen molar-refractivity contribution in [3.63, 3.8) is 0 Å². The van der Waals surface area contributed by atoms with Crippen LogP contribution in [-0.2, 0) is 35.4 Å². The Kier molecular flexibility index (Phi) is 10.6. The molecule has 0 aromatic heterocycles. The topological polar surface area (TPSA) is 99.2 Å². The number of amides is 1. The average Bonchev–Trinajstić information content (AvgIpc) is 2.91. The maximum absolute atomic E-state index is 15.6. The van der Waals surface area contributed by atoms with Gasteiger partial charge >= 0.3 is 0 Å². The molecule has 8 nitrogen and oxygen atoms in total. The largest absolute Gasteiger partial charge is 0.391 e. The predicted molar refractivity (Wildman–Crippen MR) is 183 cm³/mol. The molecule has 1 aliphatic heterocycles. The number of anilines is 1. The van der Waals surface area contributed by atoms with Crippen molar-refractivity contribution < 1.29 is 28.6 Å². The van der Waals surface area contributed by atoms with Crippen LogP contribution in [0.5, 0.6) is 0 Å². The molecule has 0 radical (unpaired) electrons. The first-order valence-electron chi connectivity index (χ1n) is 14.9. The Morgan fingerprint density at radius 3 is 2.26 bits per heavy atom. The first kappa shape index (κ1) is 34.7. The molecule has 0 saturated carbocycles. The maximum Gasteiger partial charge on any atom is 0.209 e. The highest BCUT2D eigenvalue weighted by molar-refractivity contribution is 6.43. The normalized spacial score (nSPS) is 20.8. The molecule has 4 unspecified atom stereocenters. The van der Waals surface area contributed by atoms with Crippen molar-refractivity contribution in [3.05, 3.63) is 64.5 Å². The minimum Gasteiger partial charge on any atom is -0.391 e. The first-order chi connectivity index (χ1) is 19.9. The van der Waals surface area contributed by atoms with Crippen molar-refractivity contribution in [2.24, 2.45) is 0 Å². The highest BCUT2D eigenvalue weighted by atomic mass is 19.1. The fourth-order valence-electron chi connectivity index (χ4n) is 6.60. The second kappa shape index (κ2) is 13.1. The standard InChI is InChI=1S/C28H42B6FN3O5/c1-17-6-4-7-23(24(17)27(32,33)38(16-41)25(29,15-40)10-5-11-39)36-26(30,31)21-12-20(8-9-22(21)35)28(34,42)37-13-18(2)43-19(3)14-37/h4,6-9,11-12,15-16,18-19,36,42H,5,10,13-14,29-34H2,1-3H3. The summed E-state index contributed by atoms with van der Waals surface area (Å²) in [6.07, 6.45) is 2.30. The molecular formula is C28H42B6FN3O5. The van der Waals surface area contributed by atoms with E-state index in [9.17, 15) is 19.5 Å². The van der Waals surface area contributed by atoms with Gasteiger partial charge in [0.1, 0.15) is 63.2 Å². The quantitative estimate of drug-likeness (QED) is 0.189. The van der Waals surface area contributed by atoms with Gasteiger partial charge in [0.2, 0.25) is 6.41 Å². The van der Waals surface area contributed by atoms with E-state index in [2.05, 4.69) is 5.32 Å². The number of hydrogen-bond acceptors (Lipinski definition) is 7. The SMILES string of the molecule is BC(B)(Nc1cccc(C)c1C(B)(B)N(C=O)C(B)(C=O)CCC=O)c1cc(C(B)(O)N2CC(C)OC(C)C2)ccc1F. The molecule has 1 heterocycles. The minimum absolute atomic E-state index is 0.0539. The van der Waals surface area contributed by atoms with E-state index in [-0.39, 0.29) is 25.0 Å². The fraction of sp³-hybridized carbons (Fsp3) is 0.464. The van der Waals surface area contributed by atoms with Crippen molar-refractivity contribution >= 4 is 71.7 Å². The Morgan fingerprint density at radius 1 is 1.07 bits per heavy atom. The van der Waals surface area contributed by atoms with Crippen LogP contribution in [-0.4, -0.2) is 112 Å². The zero-order valence-electron chi connectivity index (χ0n) is 27.0. The molecule has 1 amide bonds. The van der Waals surface area contributed by atoms with Gasteiger partial charge in [0.05, 0.1) is 17.6 Å². The van der Waals surface area contributed by atoms with E-state index >= 15 is 4.39 Å². The first-order valence-corrected chi connectivity index (χ1v) is 14.9. The summed E-state index contributed by atoms with van der Waals surface area (Å²) in [7, 11) is 10.8. The van der Waals surface area contributed by atoms with Crippen molar-refractivity contribution in [3.8, 4) is 0 Å². The highest BCUT2D eigenvalue weighted by Gasteiger charge is 2.43. The van der Waals surface area contributed by atoms with Gasteiger partial charge in [-0.15, -0.1) is 0 Å². The molecule has 0 spiro atoms. The number of aldehydes is 2. The summed E-state index contributed by atoms with van der Waals surface area (Å²) in [5, 5.41) is 13.3. The fourth-order valence-corrected chi connectivity index (χ4v) is 6.60. The van der Waals surface area contributed by atoms with Gasteiger partial charge in [-0.3, -0.25) is 9.69 Å². The molecule has 4 atom stereocenters. The third kappa shape index (κ3) is 7.15. The molecule has 2 aromatic carbocycles. The molecular weight excluding hydrogens is 542 g/mol. The number of carbonyl (C=O) groups is 3. The van der Waals surface area contributed by atoms with Crippen LogP contribution in [0.1, 0.15) is 48.9 Å². The number of nitrogens with one attached hydrogen (secondary N) is 1. The van der Waals surface area contributed by atoms with E-state index in [1.165, 1.54) is 11.0 Å². The van der Waals surface area contributed by atoms with E-state index in [0.717, 1.165) is 17.4 Å². The lowest BCUT2D eigenvalue weighted by molar-refractivity contribution is -0.141. The monoisotopic (exact) mass is 585 g/mol. The van der Waals surface area contributed by atoms with E-state index in [1.807, 2.05) is 75.3 Å². The van der Waals surface area contributed by atoms with Crippen molar-refractivity contribution in [1.29, 1.82) is 0 Å². The Labute approximate surface area is 260 Å². The van der Waals surface area contributed by atoms with Crippen LogP contribution in [0.4, 0.5) is 10.1 Å². The van der Waals surface area contributed by atoms with Crippen molar-refractivity contribution in [2.45, 2.75) is 67.6 Å². The van der Waals surface area contributed by atoms with Crippen LogP contribution >= 0.6 is 0 Å². The number of carbonyl (C=O) groups excluding carboxylic acids is 3. The van der Waals surface area contributed by atoms with Crippen LogP contribution < -0.4 is 5.32 Å². The third-order valence-corrected chi connectivity index (χ3v) is 8.83. The number of ether oxygens (including phenoxy) is 1. The van der Waals surface area contributed by atoms with E-state index in [0.29, 0.717) is 42.6 Å². The van der Waals surface area contributed by atoms with Crippen LogP contribution in [0.2, 0.25) is 0 Å². The lowest BCUT2D eigenvalue weighted by Gasteiger charge is -2.48. The number of morpholine rings is 1. The number of aliphatic hydroxyl groups is 1. The van der Waals surface area contributed by atoms with Gasteiger partial charge in [0, 0.05) is 35.9 Å². The summed E-state index contributed by atoms with van der Waals surface area (Å²) < 4.78 is 21.4. The molecule has 1 fully saturated rings. The van der Waals surface area contributed by atoms with Gasteiger partial charge in [0.25, 0.3) is 0 Å². The number of benzene rings is 2. The average molecular weight is 585 g/mol.